The highest BCUT2D eigenvalue weighted by Crippen LogP contribution is 2.34. The lowest BCUT2D eigenvalue weighted by Gasteiger charge is -2.25. The Bertz CT molecular complexity index is 597. The molecule has 21 heavy (non-hydrogen) atoms. The Morgan fingerprint density at radius 1 is 1.19 bits per heavy atom. The summed E-state index contributed by atoms with van der Waals surface area (Å²) in [4.78, 5) is 2.44. The third kappa shape index (κ3) is 3.03. The summed E-state index contributed by atoms with van der Waals surface area (Å²) in [6, 6.07) is 16.6. The molecule has 1 aliphatic heterocycles. The number of hydrogen-bond donors (Lipinski definition) is 1. The fourth-order valence-electron chi connectivity index (χ4n) is 3.09. The molecule has 3 rings (SSSR count). The number of hydrogen-bond acceptors (Lipinski definition) is 3. The molecule has 0 saturated carbocycles. The molecule has 1 fully saturated rings. The predicted octanol–water partition coefficient (Wildman–Crippen LogP) is 3.74. The van der Waals surface area contributed by atoms with Gasteiger partial charge in [-0.15, -0.1) is 0 Å². The molecule has 3 nitrogen and oxygen atoms in total. The van der Waals surface area contributed by atoms with Gasteiger partial charge in [-0.2, -0.15) is 0 Å². The van der Waals surface area contributed by atoms with Crippen LogP contribution in [0.15, 0.2) is 48.5 Å². The number of rotatable bonds is 4. The summed E-state index contributed by atoms with van der Waals surface area (Å²) in [7, 11) is 1.61. The van der Waals surface area contributed by atoms with E-state index in [4.69, 9.17) is 4.74 Å². The van der Waals surface area contributed by atoms with E-state index in [1.54, 1.807) is 13.2 Å². The summed E-state index contributed by atoms with van der Waals surface area (Å²) >= 11 is 0. The molecular formula is C18H21NO2. The van der Waals surface area contributed by atoms with E-state index in [0.29, 0.717) is 17.5 Å². The molecule has 3 heteroatoms. The topological polar surface area (TPSA) is 32.7 Å². The standard InChI is InChI=1S/C18H21NO2/c1-21-16-10-9-15(18(20)12-16)13-19-11-5-8-17(19)14-6-3-2-4-7-14/h2-4,6-7,9-10,12,17,20H,5,8,11,13H2,1H3. The van der Waals surface area contributed by atoms with Crippen LogP contribution < -0.4 is 4.74 Å². The predicted molar refractivity (Wildman–Crippen MR) is 83.5 cm³/mol. The zero-order valence-corrected chi connectivity index (χ0v) is 12.3. The van der Waals surface area contributed by atoms with Crippen molar-refractivity contribution in [3.8, 4) is 11.5 Å². The van der Waals surface area contributed by atoms with Gasteiger partial charge in [-0.05, 0) is 31.0 Å². The Labute approximate surface area is 125 Å². The second kappa shape index (κ2) is 6.19. The molecule has 2 aromatic rings. The summed E-state index contributed by atoms with van der Waals surface area (Å²) in [6.07, 6.45) is 2.39. The van der Waals surface area contributed by atoms with Crippen LogP contribution in [0.2, 0.25) is 0 Å². The SMILES string of the molecule is COc1ccc(CN2CCCC2c2ccccc2)c(O)c1. The van der Waals surface area contributed by atoms with Crippen molar-refractivity contribution in [2.45, 2.75) is 25.4 Å². The number of benzene rings is 2. The van der Waals surface area contributed by atoms with Crippen LogP contribution in [-0.4, -0.2) is 23.7 Å². The first kappa shape index (κ1) is 14.0. The first-order valence-corrected chi connectivity index (χ1v) is 7.43. The van der Waals surface area contributed by atoms with Gasteiger partial charge in [0.25, 0.3) is 0 Å². The number of likely N-dealkylation sites (tertiary alicyclic amines) is 1. The summed E-state index contributed by atoms with van der Waals surface area (Å²) in [6.45, 7) is 1.85. The molecule has 0 radical (unpaired) electrons. The highest BCUT2D eigenvalue weighted by molar-refractivity contribution is 5.39. The van der Waals surface area contributed by atoms with Crippen LogP contribution in [0.3, 0.4) is 0 Å². The third-order valence-electron chi connectivity index (χ3n) is 4.21. The maximum Gasteiger partial charge on any atom is 0.123 e. The van der Waals surface area contributed by atoms with E-state index in [9.17, 15) is 5.11 Å². The van der Waals surface area contributed by atoms with Gasteiger partial charge in [-0.25, -0.2) is 0 Å². The molecule has 1 saturated heterocycles. The second-order valence-electron chi connectivity index (χ2n) is 5.53. The Morgan fingerprint density at radius 2 is 2.00 bits per heavy atom. The fourth-order valence-corrected chi connectivity index (χ4v) is 3.09. The van der Waals surface area contributed by atoms with Crippen LogP contribution in [0.1, 0.15) is 30.0 Å². The van der Waals surface area contributed by atoms with Crippen molar-refractivity contribution < 1.29 is 9.84 Å². The Morgan fingerprint density at radius 3 is 2.71 bits per heavy atom. The number of nitrogens with zero attached hydrogens (tertiary/aromatic N) is 1. The van der Waals surface area contributed by atoms with E-state index in [-0.39, 0.29) is 0 Å². The molecule has 1 unspecified atom stereocenters. The molecule has 2 aromatic carbocycles. The van der Waals surface area contributed by atoms with Gasteiger partial charge in [0.2, 0.25) is 0 Å². The smallest absolute Gasteiger partial charge is 0.123 e. The van der Waals surface area contributed by atoms with Crippen molar-refractivity contribution >= 4 is 0 Å². The molecule has 1 N–H and O–H groups in total. The first-order valence-electron chi connectivity index (χ1n) is 7.43. The van der Waals surface area contributed by atoms with Crippen molar-refractivity contribution in [2.24, 2.45) is 0 Å². The van der Waals surface area contributed by atoms with E-state index in [1.807, 2.05) is 12.1 Å². The van der Waals surface area contributed by atoms with Gasteiger partial charge >= 0.3 is 0 Å². The van der Waals surface area contributed by atoms with Gasteiger partial charge in [0.15, 0.2) is 0 Å². The lowest BCUT2D eigenvalue weighted by Crippen LogP contribution is -2.22. The molecule has 1 heterocycles. The van der Waals surface area contributed by atoms with Gasteiger partial charge < -0.3 is 9.84 Å². The lowest BCUT2D eigenvalue weighted by molar-refractivity contribution is 0.245. The van der Waals surface area contributed by atoms with Gasteiger partial charge in [0.1, 0.15) is 11.5 Å². The monoisotopic (exact) mass is 283 g/mol. The van der Waals surface area contributed by atoms with Gasteiger partial charge in [0.05, 0.1) is 7.11 Å². The number of aromatic hydroxyl groups is 1. The number of phenolic OH excluding ortho intramolecular Hbond substituents is 1. The summed E-state index contributed by atoms with van der Waals surface area (Å²) in [5.74, 6) is 1.00. The normalized spacial score (nSPS) is 18.8. The lowest BCUT2D eigenvalue weighted by atomic mass is 10.0. The van der Waals surface area contributed by atoms with E-state index in [0.717, 1.165) is 18.7 Å². The zero-order valence-electron chi connectivity index (χ0n) is 12.3. The van der Waals surface area contributed by atoms with Gasteiger partial charge in [-0.3, -0.25) is 4.90 Å². The third-order valence-corrected chi connectivity index (χ3v) is 4.21. The minimum absolute atomic E-state index is 0.313. The van der Waals surface area contributed by atoms with Crippen LogP contribution in [0.25, 0.3) is 0 Å². The van der Waals surface area contributed by atoms with Crippen molar-refractivity contribution in [3.05, 3.63) is 59.7 Å². The van der Waals surface area contributed by atoms with Gasteiger partial charge in [0, 0.05) is 24.2 Å². The summed E-state index contributed by atoms with van der Waals surface area (Å²) in [5, 5.41) is 10.1. The van der Waals surface area contributed by atoms with Crippen molar-refractivity contribution in [1.82, 2.24) is 4.90 Å². The van der Waals surface area contributed by atoms with Crippen LogP contribution >= 0.6 is 0 Å². The second-order valence-corrected chi connectivity index (χ2v) is 5.53. The quantitative estimate of drug-likeness (QED) is 0.928. The van der Waals surface area contributed by atoms with E-state index >= 15 is 0 Å². The van der Waals surface area contributed by atoms with Crippen LogP contribution in [0, 0.1) is 0 Å². The molecule has 0 amide bonds. The first-order chi connectivity index (χ1) is 10.3. The highest BCUT2D eigenvalue weighted by Gasteiger charge is 2.26. The number of methoxy groups -OCH3 is 1. The minimum atomic E-state index is 0.313. The molecule has 1 atom stereocenters. The average Bonchev–Trinajstić information content (AvgIpc) is 2.98. The Hall–Kier alpha value is -2.00. The molecular weight excluding hydrogens is 262 g/mol. The van der Waals surface area contributed by atoms with Crippen LogP contribution in [0.4, 0.5) is 0 Å². The van der Waals surface area contributed by atoms with Crippen LogP contribution in [-0.2, 0) is 6.54 Å². The van der Waals surface area contributed by atoms with Crippen molar-refractivity contribution in [3.63, 3.8) is 0 Å². The van der Waals surface area contributed by atoms with Gasteiger partial charge in [-0.1, -0.05) is 36.4 Å². The molecule has 110 valence electrons. The van der Waals surface area contributed by atoms with Crippen molar-refractivity contribution in [1.29, 1.82) is 0 Å². The Balaban J connectivity index is 1.78. The maximum atomic E-state index is 10.1. The van der Waals surface area contributed by atoms with Crippen LogP contribution in [0.5, 0.6) is 11.5 Å². The summed E-state index contributed by atoms with van der Waals surface area (Å²) < 4.78 is 5.14. The average molecular weight is 283 g/mol. The van der Waals surface area contributed by atoms with E-state index < -0.39 is 0 Å². The minimum Gasteiger partial charge on any atom is -0.507 e. The molecule has 0 bridgehead atoms. The number of ether oxygens (including phenoxy) is 1. The Kier molecular flexibility index (Phi) is 4.11. The summed E-state index contributed by atoms with van der Waals surface area (Å²) in [5.41, 5.74) is 2.32. The molecule has 0 aliphatic carbocycles. The largest absolute Gasteiger partial charge is 0.507 e. The molecule has 0 aromatic heterocycles. The zero-order chi connectivity index (χ0) is 14.7. The molecule has 0 spiro atoms. The highest BCUT2D eigenvalue weighted by atomic mass is 16.5. The van der Waals surface area contributed by atoms with E-state index in [2.05, 4.69) is 35.2 Å². The maximum absolute atomic E-state index is 10.1. The van der Waals surface area contributed by atoms with E-state index in [1.165, 1.54) is 18.4 Å². The number of phenols is 1. The van der Waals surface area contributed by atoms with Crippen molar-refractivity contribution in [2.75, 3.05) is 13.7 Å². The fraction of sp³-hybridized carbons (Fsp3) is 0.333. The molecule has 1 aliphatic rings.